The van der Waals surface area contributed by atoms with Gasteiger partial charge in [-0.3, -0.25) is 4.40 Å². The standard InChI is InChI=1S/C18H17N5OS/c1-11-18(21-22-20-11,13-5-3-2-4-6-13)17(24)15-16(12-7-8-12)25-14-9-19-10-23(14)15/h2-6,9-10,12,17,24H,7-8H2,1H3. The molecule has 5 rings (SSSR count). The van der Waals surface area contributed by atoms with E-state index < -0.39 is 11.6 Å². The van der Waals surface area contributed by atoms with Crippen molar-refractivity contribution in [2.75, 3.05) is 0 Å². The lowest BCUT2D eigenvalue weighted by molar-refractivity contribution is 0.113. The minimum absolute atomic E-state index is 0.526. The molecule has 3 aromatic rings. The zero-order valence-electron chi connectivity index (χ0n) is 13.7. The summed E-state index contributed by atoms with van der Waals surface area (Å²) in [7, 11) is 0. The highest BCUT2D eigenvalue weighted by molar-refractivity contribution is 7.17. The summed E-state index contributed by atoms with van der Waals surface area (Å²) < 4.78 is 1.99. The number of thiazole rings is 1. The molecule has 2 atom stereocenters. The fourth-order valence-electron chi connectivity index (χ4n) is 3.60. The highest BCUT2D eigenvalue weighted by Crippen LogP contribution is 2.51. The van der Waals surface area contributed by atoms with E-state index in [0.29, 0.717) is 11.6 Å². The van der Waals surface area contributed by atoms with Gasteiger partial charge >= 0.3 is 0 Å². The van der Waals surface area contributed by atoms with E-state index in [4.69, 9.17) is 0 Å². The first-order valence-corrected chi connectivity index (χ1v) is 9.18. The average Bonchev–Trinajstić information content (AvgIpc) is 3.09. The van der Waals surface area contributed by atoms with Gasteiger partial charge in [-0.15, -0.1) is 21.6 Å². The van der Waals surface area contributed by atoms with Crippen molar-refractivity contribution in [1.82, 2.24) is 9.38 Å². The second kappa shape index (κ2) is 5.31. The zero-order chi connectivity index (χ0) is 17.0. The third-order valence-electron chi connectivity index (χ3n) is 5.10. The van der Waals surface area contributed by atoms with Gasteiger partial charge in [-0.2, -0.15) is 0 Å². The van der Waals surface area contributed by atoms with Gasteiger partial charge in [0.25, 0.3) is 0 Å². The molecule has 0 spiro atoms. The number of rotatable bonds is 4. The molecular weight excluding hydrogens is 334 g/mol. The largest absolute Gasteiger partial charge is 0.383 e. The minimum Gasteiger partial charge on any atom is -0.383 e. The first kappa shape index (κ1) is 14.9. The number of aromatic nitrogens is 2. The predicted octanol–water partition coefficient (Wildman–Crippen LogP) is 4.04. The molecule has 1 aromatic carbocycles. The van der Waals surface area contributed by atoms with Crippen LogP contribution < -0.4 is 0 Å². The molecule has 1 aliphatic heterocycles. The van der Waals surface area contributed by atoms with Crippen molar-refractivity contribution in [3.63, 3.8) is 0 Å². The maximum atomic E-state index is 11.6. The first-order chi connectivity index (χ1) is 12.2. The van der Waals surface area contributed by atoms with Crippen LogP contribution in [-0.4, -0.2) is 20.2 Å². The molecule has 6 nitrogen and oxygen atoms in total. The van der Waals surface area contributed by atoms with E-state index in [9.17, 15) is 5.11 Å². The summed E-state index contributed by atoms with van der Waals surface area (Å²) in [5.74, 6) is 0.526. The number of fused-ring (bicyclic) bond motifs is 1. The van der Waals surface area contributed by atoms with Crippen LogP contribution in [0, 0.1) is 0 Å². The van der Waals surface area contributed by atoms with Crippen molar-refractivity contribution in [2.24, 2.45) is 15.4 Å². The number of nitrogens with zero attached hydrogens (tertiary/aromatic N) is 5. The van der Waals surface area contributed by atoms with Crippen LogP contribution in [0.4, 0.5) is 0 Å². The molecule has 0 bridgehead atoms. The van der Waals surface area contributed by atoms with E-state index in [1.807, 2.05) is 47.9 Å². The molecule has 126 valence electrons. The summed E-state index contributed by atoms with van der Waals surface area (Å²) >= 11 is 1.71. The van der Waals surface area contributed by atoms with Gasteiger partial charge in [-0.05, 0) is 36.5 Å². The van der Waals surface area contributed by atoms with Crippen molar-refractivity contribution < 1.29 is 5.11 Å². The average molecular weight is 351 g/mol. The van der Waals surface area contributed by atoms with E-state index in [0.717, 1.165) is 16.1 Å². The maximum absolute atomic E-state index is 11.6. The third-order valence-corrected chi connectivity index (χ3v) is 6.37. The Morgan fingerprint density at radius 1 is 1.28 bits per heavy atom. The van der Waals surface area contributed by atoms with Crippen molar-refractivity contribution >= 4 is 21.9 Å². The summed E-state index contributed by atoms with van der Waals surface area (Å²) in [4.78, 5) is 6.52. The van der Waals surface area contributed by atoms with Gasteiger partial charge in [0, 0.05) is 4.88 Å². The lowest BCUT2D eigenvalue weighted by atomic mass is 9.79. The molecule has 1 saturated carbocycles. The first-order valence-electron chi connectivity index (χ1n) is 8.37. The van der Waals surface area contributed by atoms with Crippen LogP contribution in [0.25, 0.3) is 4.83 Å². The molecule has 1 N–H and O–H groups in total. The quantitative estimate of drug-likeness (QED) is 0.770. The van der Waals surface area contributed by atoms with E-state index in [1.165, 1.54) is 17.7 Å². The molecule has 0 radical (unpaired) electrons. The highest BCUT2D eigenvalue weighted by Gasteiger charge is 2.49. The monoisotopic (exact) mass is 351 g/mol. The number of hydrogen-bond donors (Lipinski definition) is 1. The van der Waals surface area contributed by atoms with Crippen LogP contribution in [0.2, 0.25) is 0 Å². The van der Waals surface area contributed by atoms with E-state index in [-0.39, 0.29) is 0 Å². The van der Waals surface area contributed by atoms with Gasteiger partial charge in [0.15, 0.2) is 5.54 Å². The van der Waals surface area contributed by atoms with Crippen molar-refractivity contribution in [2.45, 2.75) is 37.3 Å². The smallest absolute Gasteiger partial charge is 0.179 e. The maximum Gasteiger partial charge on any atom is 0.179 e. The van der Waals surface area contributed by atoms with Crippen LogP contribution in [0.15, 0.2) is 58.3 Å². The molecule has 25 heavy (non-hydrogen) atoms. The minimum atomic E-state index is -0.983. The summed E-state index contributed by atoms with van der Waals surface area (Å²) in [5, 5.41) is 24.1. The van der Waals surface area contributed by atoms with E-state index >= 15 is 0 Å². The van der Waals surface area contributed by atoms with Gasteiger partial charge < -0.3 is 5.11 Å². The van der Waals surface area contributed by atoms with Crippen molar-refractivity contribution in [3.05, 3.63) is 59.0 Å². The molecule has 2 unspecified atom stereocenters. The number of aliphatic hydroxyl groups excluding tert-OH is 1. The Morgan fingerprint density at radius 3 is 2.76 bits per heavy atom. The van der Waals surface area contributed by atoms with Gasteiger partial charge in [-0.25, -0.2) is 4.98 Å². The second-order valence-corrected chi connectivity index (χ2v) is 7.70. The Kier molecular flexibility index (Phi) is 3.17. The predicted molar refractivity (Wildman–Crippen MR) is 96.1 cm³/mol. The summed E-state index contributed by atoms with van der Waals surface area (Å²) in [6.45, 7) is 1.88. The van der Waals surface area contributed by atoms with Crippen LogP contribution in [0.1, 0.15) is 47.9 Å². The molecule has 1 fully saturated rings. The Balaban J connectivity index is 1.74. The van der Waals surface area contributed by atoms with Gasteiger partial charge in [-0.1, -0.05) is 30.3 Å². The Labute approximate surface area is 148 Å². The van der Waals surface area contributed by atoms with Crippen LogP contribution in [0.3, 0.4) is 0 Å². The lowest BCUT2D eigenvalue weighted by Gasteiger charge is -2.31. The second-order valence-electron chi connectivity index (χ2n) is 6.64. The molecule has 7 heteroatoms. The fourth-order valence-corrected chi connectivity index (χ4v) is 4.90. The fraction of sp³-hybridized carbons (Fsp3) is 0.333. The summed E-state index contributed by atoms with van der Waals surface area (Å²) in [5.41, 5.74) is 1.49. The van der Waals surface area contributed by atoms with Crippen LogP contribution >= 0.6 is 11.3 Å². The third kappa shape index (κ3) is 2.06. The lowest BCUT2D eigenvalue weighted by Crippen LogP contribution is -2.38. The van der Waals surface area contributed by atoms with Crippen molar-refractivity contribution in [1.29, 1.82) is 0 Å². The zero-order valence-corrected chi connectivity index (χ0v) is 14.5. The number of imidazole rings is 1. The molecule has 2 aliphatic rings. The van der Waals surface area contributed by atoms with Gasteiger partial charge in [0.05, 0.1) is 17.6 Å². The number of aliphatic hydroxyl groups is 1. The molecule has 0 saturated heterocycles. The van der Waals surface area contributed by atoms with Crippen molar-refractivity contribution in [3.8, 4) is 0 Å². The van der Waals surface area contributed by atoms with E-state index in [2.05, 4.69) is 20.4 Å². The molecule has 3 heterocycles. The summed E-state index contributed by atoms with van der Waals surface area (Å²) in [6, 6.07) is 9.80. The summed E-state index contributed by atoms with van der Waals surface area (Å²) in [6.07, 6.45) is 5.09. The Bertz CT molecular complexity index is 1000. The Morgan fingerprint density at radius 2 is 2.08 bits per heavy atom. The topological polar surface area (TPSA) is 74.6 Å². The van der Waals surface area contributed by atoms with Crippen LogP contribution in [-0.2, 0) is 5.54 Å². The van der Waals surface area contributed by atoms with E-state index in [1.54, 1.807) is 17.7 Å². The SMILES string of the molecule is CC1=NN=NC1(c1ccccc1)C(O)c1c(C2CC2)sc2cncn12. The normalized spacial score (nSPS) is 24.0. The molecular formula is C18H17N5OS. The molecule has 2 aromatic heterocycles. The number of benzene rings is 1. The Hall–Kier alpha value is -2.38. The molecule has 1 aliphatic carbocycles. The highest BCUT2D eigenvalue weighted by atomic mass is 32.1. The van der Waals surface area contributed by atoms with Gasteiger partial charge in [0.1, 0.15) is 17.3 Å². The molecule has 0 amide bonds. The van der Waals surface area contributed by atoms with Crippen LogP contribution in [0.5, 0.6) is 0 Å². The van der Waals surface area contributed by atoms with Gasteiger partial charge in [0.2, 0.25) is 0 Å². The number of hydrogen-bond acceptors (Lipinski definition) is 6.